The van der Waals surface area contributed by atoms with Crippen LogP contribution in [0.2, 0.25) is 0 Å². The smallest absolute Gasteiger partial charge is 0.245 e. The molecule has 1 aromatic rings. The monoisotopic (exact) mass is 288 g/mol. The van der Waals surface area contributed by atoms with Crippen molar-refractivity contribution in [3.63, 3.8) is 0 Å². The SMILES string of the molecule is Cc1noc(C)c1S(=O)(=O)NCC(C(C)C)C(C)C. The van der Waals surface area contributed by atoms with Crippen LogP contribution in [0.15, 0.2) is 9.42 Å². The number of hydrogen-bond acceptors (Lipinski definition) is 4. The van der Waals surface area contributed by atoms with Crippen LogP contribution in [-0.4, -0.2) is 20.1 Å². The predicted molar refractivity (Wildman–Crippen MR) is 74.3 cm³/mol. The number of aromatic nitrogens is 1. The first-order chi connectivity index (χ1) is 8.66. The Kier molecular flexibility index (Phi) is 5.15. The number of sulfonamides is 1. The van der Waals surface area contributed by atoms with Crippen molar-refractivity contribution in [1.29, 1.82) is 0 Å². The second-order valence-corrected chi connectivity index (χ2v) is 7.36. The van der Waals surface area contributed by atoms with Gasteiger partial charge < -0.3 is 4.52 Å². The summed E-state index contributed by atoms with van der Waals surface area (Å²) >= 11 is 0. The van der Waals surface area contributed by atoms with E-state index in [1.807, 2.05) is 0 Å². The lowest BCUT2D eigenvalue weighted by atomic mass is 9.86. The summed E-state index contributed by atoms with van der Waals surface area (Å²) in [5.41, 5.74) is 0.399. The maximum absolute atomic E-state index is 12.3. The van der Waals surface area contributed by atoms with Gasteiger partial charge in [-0.3, -0.25) is 0 Å². The molecule has 1 N–H and O–H groups in total. The molecule has 0 fully saturated rings. The van der Waals surface area contributed by atoms with E-state index in [9.17, 15) is 8.42 Å². The fraction of sp³-hybridized carbons (Fsp3) is 0.769. The number of rotatable bonds is 6. The van der Waals surface area contributed by atoms with Gasteiger partial charge in [0.25, 0.3) is 0 Å². The van der Waals surface area contributed by atoms with Gasteiger partial charge in [-0.15, -0.1) is 0 Å². The Labute approximate surface area is 115 Å². The van der Waals surface area contributed by atoms with Crippen LogP contribution < -0.4 is 4.72 Å². The highest BCUT2D eigenvalue weighted by atomic mass is 32.2. The molecular formula is C13H24N2O3S. The van der Waals surface area contributed by atoms with Crippen LogP contribution in [0.3, 0.4) is 0 Å². The summed E-state index contributed by atoms with van der Waals surface area (Å²) in [5.74, 6) is 1.48. The molecule has 6 heteroatoms. The Morgan fingerprint density at radius 2 is 1.68 bits per heavy atom. The van der Waals surface area contributed by atoms with Crippen molar-refractivity contribution < 1.29 is 12.9 Å². The van der Waals surface area contributed by atoms with Gasteiger partial charge in [0.05, 0.1) is 0 Å². The molecule has 1 rings (SSSR count). The fourth-order valence-corrected chi connectivity index (χ4v) is 3.78. The van der Waals surface area contributed by atoms with Crippen molar-refractivity contribution >= 4 is 10.0 Å². The van der Waals surface area contributed by atoms with Crippen molar-refractivity contribution in [3.8, 4) is 0 Å². The molecule has 0 aliphatic rings. The average Bonchev–Trinajstić information content (AvgIpc) is 2.57. The second-order valence-electron chi connectivity index (χ2n) is 5.66. The highest BCUT2D eigenvalue weighted by molar-refractivity contribution is 7.89. The van der Waals surface area contributed by atoms with Crippen LogP contribution in [0, 0.1) is 31.6 Å². The molecule has 0 bridgehead atoms. The number of nitrogens with one attached hydrogen (secondary N) is 1. The summed E-state index contributed by atoms with van der Waals surface area (Å²) in [4.78, 5) is 0.166. The molecule has 1 aromatic heterocycles. The normalized spacial score (nSPS) is 12.9. The standard InChI is InChI=1S/C13H24N2O3S/c1-8(2)12(9(3)4)7-14-19(16,17)13-10(5)15-18-11(13)6/h8-9,12,14H,7H2,1-6H3. The van der Waals surface area contributed by atoms with Crippen LogP contribution in [0.4, 0.5) is 0 Å². The summed E-state index contributed by atoms with van der Waals surface area (Å²) < 4.78 is 32.1. The largest absolute Gasteiger partial charge is 0.360 e. The van der Waals surface area contributed by atoms with Gasteiger partial charge >= 0.3 is 0 Å². The van der Waals surface area contributed by atoms with Gasteiger partial charge in [-0.1, -0.05) is 32.9 Å². The molecule has 0 spiro atoms. The van der Waals surface area contributed by atoms with E-state index in [0.29, 0.717) is 35.8 Å². The third-order valence-corrected chi connectivity index (χ3v) is 5.13. The highest BCUT2D eigenvalue weighted by Gasteiger charge is 2.26. The van der Waals surface area contributed by atoms with Crippen molar-refractivity contribution in [2.45, 2.75) is 46.4 Å². The molecular weight excluding hydrogens is 264 g/mol. The molecule has 0 radical (unpaired) electrons. The molecule has 0 saturated heterocycles. The average molecular weight is 288 g/mol. The molecule has 19 heavy (non-hydrogen) atoms. The van der Waals surface area contributed by atoms with E-state index in [-0.39, 0.29) is 4.90 Å². The van der Waals surface area contributed by atoms with E-state index in [1.165, 1.54) is 0 Å². The molecule has 0 aliphatic heterocycles. The molecule has 5 nitrogen and oxygen atoms in total. The maximum Gasteiger partial charge on any atom is 0.245 e. The zero-order chi connectivity index (χ0) is 14.8. The van der Waals surface area contributed by atoms with Crippen LogP contribution in [-0.2, 0) is 10.0 Å². The summed E-state index contributed by atoms with van der Waals surface area (Å²) in [5, 5.41) is 3.69. The third-order valence-electron chi connectivity index (χ3n) is 3.46. The number of hydrogen-bond donors (Lipinski definition) is 1. The van der Waals surface area contributed by atoms with E-state index in [2.05, 4.69) is 37.6 Å². The van der Waals surface area contributed by atoms with Gasteiger partial charge in [0, 0.05) is 6.54 Å². The van der Waals surface area contributed by atoms with E-state index >= 15 is 0 Å². The molecule has 0 amide bonds. The van der Waals surface area contributed by atoms with Gasteiger partial charge in [-0.05, 0) is 31.6 Å². The number of nitrogens with zero attached hydrogens (tertiary/aromatic N) is 1. The quantitative estimate of drug-likeness (QED) is 0.873. The van der Waals surface area contributed by atoms with Crippen LogP contribution in [0.25, 0.3) is 0 Å². The summed E-state index contributed by atoms with van der Waals surface area (Å²) in [6, 6.07) is 0. The Bertz CT molecular complexity index is 490. The Morgan fingerprint density at radius 1 is 1.16 bits per heavy atom. The van der Waals surface area contributed by atoms with Crippen molar-refractivity contribution in [1.82, 2.24) is 9.88 Å². The Morgan fingerprint density at radius 3 is 2.05 bits per heavy atom. The van der Waals surface area contributed by atoms with Gasteiger partial charge in [0.1, 0.15) is 10.6 Å². The molecule has 0 unspecified atom stereocenters. The molecule has 0 aromatic carbocycles. The highest BCUT2D eigenvalue weighted by Crippen LogP contribution is 2.22. The molecule has 0 atom stereocenters. The summed E-state index contributed by atoms with van der Waals surface area (Å²) in [6.07, 6.45) is 0. The predicted octanol–water partition coefficient (Wildman–Crippen LogP) is 2.50. The Balaban J connectivity index is 2.87. The zero-order valence-corrected chi connectivity index (χ0v) is 13.3. The minimum absolute atomic E-state index is 0.166. The molecule has 0 saturated carbocycles. The third kappa shape index (κ3) is 3.79. The topological polar surface area (TPSA) is 72.2 Å². The van der Waals surface area contributed by atoms with E-state index in [1.54, 1.807) is 13.8 Å². The minimum Gasteiger partial charge on any atom is -0.360 e. The first kappa shape index (κ1) is 16.2. The van der Waals surface area contributed by atoms with Crippen LogP contribution >= 0.6 is 0 Å². The van der Waals surface area contributed by atoms with Crippen LogP contribution in [0.5, 0.6) is 0 Å². The second kappa shape index (κ2) is 6.05. The first-order valence-corrected chi connectivity index (χ1v) is 8.07. The van der Waals surface area contributed by atoms with Gasteiger partial charge in [0.15, 0.2) is 5.76 Å². The van der Waals surface area contributed by atoms with Gasteiger partial charge in [0.2, 0.25) is 10.0 Å². The van der Waals surface area contributed by atoms with Crippen molar-refractivity contribution in [2.75, 3.05) is 6.54 Å². The lowest BCUT2D eigenvalue weighted by molar-refractivity contribution is 0.289. The summed E-state index contributed by atoms with van der Waals surface area (Å²) in [7, 11) is -3.55. The van der Waals surface area contributed by atoms with E-state index in [4.69, 9.17) is 4.52 Å². The van der Waals surface area contributed by atoms with Crippen molar-refractivity contribution in [2.24, 2.45) is 17.8 Å². The Hall–Kier alpha value is -0.880. The van der Waals surface area contributed by atoms with Gasteiger partial charge in [-0.25, -0.2) is 13.1 Å². The minimum atomic E-state index is -3.55. The zero-order valence-electron chi connectivity index (χ0n) is 12.5. The number of aryl methyl sites for hydroxylation is 2. The lowest BCUT2D eigenvalue weighted by Gasteiger charge is -2.24. The van der Waals surface area contributed by atoms with Crippen LogP contribution in [0.1, 0.15) is 39.1 Å². The van der Waals surface area contributed by atoms with E-state index < -0.39 is 10.0 Å². The molecule has 0 aliphatic carbocycles. The lowest BCUT2D eigenvalue weighted by Crippen LogP contribution is -2.34. The fourth-order valence-electron chi connectivity index (χ4n) is 2.38. The van der Waals surface area contributed by atoms with Crippen molar-refractivity contribution in [3.05, 3.63) is 11.5 Å². The maximum atomic E-state index is 12.3. The van der Waals surface area contributed by atoms with Gasteiger partial charge in [-0.2, -0.15) is 0 Å². The first-order valence-electron chi connectivity index (χ1n) is 6.59. The molecule has 110 valence electrons. The molecule has 1 heterocycles. The summed E-state index contributed by atoms with van der Waals surface area (Å²) in [6.45, 7) is 12.1. The van der Waals surface area contributed by atoms with E-state index in [0.717, 1.165) is 0 Å².